The van der Waals surface area contributed by atoms with Crippen molar-refractivity contribution in [2.24, 2.45) is 0 Å². The predicted octanol–water partition coefficient (Wildman–Crippen LogP) is 3.14. The van der Waals surface area contributed by atoms with E-state index in [4.69, 9.17) is 9.47 Å². The van der Waals surface area contributed by atoms with Crippen molar-refractivity contribution < 1.29 is 23.0 Å². The number of nitrogens with one attached hydrogen (secondary N) is 1. The van der Waals surface area contributed by atoms with E-state index in [9.17, 15) is 13.6 Å². The van der Waals surface area contributed by atoms with Gasteiger partial charge in [-0.25, -0.2) is 8.78 Å². The van der Waals surface area contributed by atoms with Crippen LogP contribution >= 0.6 is 11.8 Å². The zero-order valence-corrected chi connectivity index (χ0v) is 13.5. The SMILES string of the molecule is O=C(CSc1ccc(F)c(F)c1)NCc1ccc2c(c1)OCCO2. The average Bonchev–Trinajstić information content (AvgIpc) is 2.60. The summed E-state index contributed by atoms with van der Waals surface area (Å²) in [5.41, 5.74) is 0.894. The van der Waals surface area contributed by atoms with Crippen molar-refractivity contribution in [2.45, 2.75) is 11.4 Å². The third-order valence-electron chi connectivity index (χ3n) is 3.36. The Labute approximate surface area is 142 Å². The second-order valence-electron chi connectivity index (χ2n) is 5.12. The van der Waals surface area contributed by atoms with E-state index in [1.54, 1.807) is 0 Å². The fourth-order valence-corrected chi connectivity index (χ4v) is 2.92. The van der Waals surface area contributed by atoms with Crippen LogP contribution in [0.4, 0.5) is 8.78 Å². The van der Waals surface area contributed by atoms with E-state index in [1.807, 2.05) is 18.2 Å². The molecule has 0 unspecified atom stereocenters. The lowest BCUT2D eigenvalue weighted by atomic mass is 10.2. The molecule has 0 saturated heterocycles. The summed E-state index contributed by atoms with van der Waals surface area (Å²) in [6, 6.07) is 9.07. The maximum absolute atomic E-state index is 13.1. The molecule has 126 valence electrons. The van der Waals surface area contributed by atoms with Crippen LogP contribution in [-0.4, -0.2) is 24.9 Å². The molecule has 0 bridgehead atoms. The first-order chi connectivity index (χ1) is 11.6. The molecule has 1 aliphatic rings. The lowest BCUT2D eigenvalue weighted by Crippen LogP contribution is -2.24. The molecule has 7 heteroatoms. The van der Waals surface area contributed by atoms with E-state index < -0.39 is 11.6 Å². The molecule has 2 aromatic carbocycles. The Balaban J connectivity index is 1.49. The van der Waals surface area contributed by atoms with Crippen LogP contribution in [0, 0.1) is 11.6 Å². The Morgan fingerprint density at radius 2 is 1.83 bits per heavy atom. The summed E-state index contributed by atoms with van der Waals surface area (Å²) >= 11 is 1.15. The number of halogens is 2. The highest BCUT2D eigenvalue weighted by atomic mass is 32.2. The molecule has 1 heterocycles. The Morgan fingerprint density at radius 3 is 2.62 bits per heavy atom. The van der Waals surface area contributed by atoms with Crippen LogP contribution in [0.2, 0.25) is 0 Å². The molecule has 0 saturated carbocycles. The van der Waals surface area contributed by atoms with Crippen molar-refractivity contribution in [1.29, 1.82) is 0 Å². The molecule has 0 aliphatic carbocycles. The van der Waals surface area contributed by atoms with Crippen molar-refractivity contribution in [1.82, 2.24) is 5.32 Å². The molecule has 4 nitrogen and oxygen atoms in total. The summed E-state index contributed by atoms with van der Waals surface area (Å²) in [5, 5.41) is 2.78. The van der Waals surface area contributed by atoms with Crippen molar-refractivity contribution in [2.75, 3.05) is 19.0 Å². The predicted molar refractivity (Wildman–Crippen MR) is 86.4 cm³/mol. The largest absolute Gasteiger partial charge is 0.486 e. The van der Waals surface area contributed by atoms with Crippen molar-refractivity contribution in [3.8, 4) is 11.5 Å². The summed E-state index contributed by atoms with van der Waals surface area (Å²) in [7, 11) is 0. The van der Waals surface area contributed by atoms with Gasteiger partial charge >= 0.3 is 0 Å². The third kappa shape index (κ3) is 4.17. The van der Waals surface area contributed by atoms with Gasteiger partial charge in [-0.1, -0.05) is 6.07 Å². The van der Waals surface area contributed by atoms with Gasteiger partial charge in [-0.15, -0.1) is 11.8 Å². The summed E-state index contributed by atoms with van der Waals surface area (Å²) in [6.07, 6.45) is 0. The minimum atomic E-state index is -0.920. The van der Waals surface area contributed by atoms with E-state index in [0.717, 1.165) is 29.5 Å². The van der Waals surface area contributed by atoms with Crippen LogP contribution < -0.4 is 14.8 Å². The van der Waals surface area contributed by atoms with Gasteiger partial charge < -0.3 is 14.8 Å². The molecule has 1 amide bonds. The van der Waals surface area contributed by atoms with Gasteiger partial charge in [-0.05, 0) is 35.9 Å². The lowest BCUT2D eigenvalue weighted by molar-refractivity contribution is -0.118. The maximum atomic E-state index is 13.1. The Kier molecular flexibility index (Phi) is 5.20. The standard InChI is InChI=1S/C17H15F2NO3S/c18-13-3-2-12(8-14(13)19)24-10-17(21)20-9-11-1-4-15-16(7-11)23-6-5-22-15/h1-4,7-8H,5-6,9-10H2,(H,20,21). The topological polar surface area (TPSA) is 47.6 Å². The molecular formula is C17H15F2NO3S. The second-order valence-corrected chi connectivity index (χ2v) is 6.17. The molecule has 0 fully saturated rings. The number of hydrogen-bond acceptors (Lipinski definition) is 4. The number of rotatable bonds is 5. The van der Waals surface area contributed by atoms with Gasteiger partial charge in [-0.3, -0.25) is 4.79 Å². The van der Waals surface area contributed by atoms with Crippen LogP contribution in [-0.2, 0) is 11.3 Å². The van der Waals surface area contributed by atoms with Crippen LogP contribution in [0.1, 0.15) is 5.56 Å². The van der Waals surface area contributed by atoms with Gasteiger partial charge in [0, 0.05) is 11.4 Å². The molecule has 24 heavy (non-hydrogen) atoms. The van der Waals surface area contributed by atoms with E-state index in [-0.39, 0.29) is 11.7 Å². The van der Waals surface area contributed by atoms with Gasteiger partial charge in [0.05, 0.1) is 5.75 Å². The highest BCUT2D eigenvalue weighted by Crippen LogP contribution is 2.30. The number of carbonyl (C=O) groups excluding carboxylic acids is 1. The number of hydrogen-bond donors (Lipinski definition) is 1. The van der Waals surface area contributed by atoms with Gasteiger partial charge in [0.2, 0.25) is 5.91 Å². The Hall–Kier alpha value is -2.28. The number of amides is 1. The van der Waals surface area contributed by atoms with Gasteiger partial charge in [-0.2, -0.15) is 0 Å². The zero-order valence-electron chi connectivity index (χ0n) is 12.7. The summed E-state index contributed by atoms with van der Waals surface area (Å²) in [4.78, 5) is 12.4. The molecule has 0 spiro atoms. The van der Waals surface area contributed by atoms with Crippen molar-refractivity contribution in [3.05, 3.63) is 53.6 Å². The number of carbonyl (C=O) groups is 1. The maximum Gasteiger partial charge on any atom is 0.230 e. The quantitative estimate of drug-likeness (QED) is 0.841. The molecular weight excluding hydrogens is 336 g/mol. The van der Waals surface area contributed by atoms with Crippen molar-refractivity contribution >= 4 is 17.7 Å². The van der Waals surface area contributed by atoms with Crippen LogP contribution in [0.5, 0.6) is 11.5 Å². The van der Waals surface area contributed by atoms with Crippen molar-refractivity contribution in [3.63, 3.8) is 0 Å². The number of ether oxygens (including phenoxy) is 2. The third-order valence-corrected chi connectivity index (χ3v) is 4.35. The second kappa shape index (κ2) is 7.53. The summed E-state index contributed by atoms with van der Waals surface area (Å²) in [6.45, 7) is 1.39. The zero-order chi connectivity index (χ0) is 16.9. The highest BCUT2D eigenvalue weighted by Gasteiger charge is 2.12. The normalized spacial score (nSPS) is 12.8. The Morgan fingerprint density at radius 1 is 1.04 bits per heavy atom. The first-order valence-corrected chi connectivity index (χ1v) is 8.33. The average molecular weight is 351 g/mol. The number of thioether (sulfide) groups is 1. The van der Waals surface area contributed by atoms with Crippen LogP contribution in [0.15, 0.2) is 41.3 Å². The molecule has 2 aromatic rings. The minimum absolute atomic E-state index is 0.121. The molecule has 3 rings (SSSR count). The summed E-state index contributed by atoms with van der Waals surface area (Å²) < 4.78 is 36.9. The van der Waals surface area contributed by atoms with Gasteiger partial charge in [0.25, 0.3) is 0 Å². The first-order valence-electron chi connectivity index (χ1n) is 7.35. The monoisotopic (exact) mass is 351 g/mol. The van der Waals surface area contributed by atoms with Gasteiger partial charge in [0.1, 0.15) is 13.2 Å². The Bertz CT molecular complexity index is 755. The lowest BCUT2D eigenvalue weighted by Gasteiger charge is -2.18. The van der Waals surface area contributed by atoms with Crippen LogP contribution in [0.25, 0.3) is 0 Å². The van der Waals surface area contributed by atoms with Gasteiger partial charge in [0.15, 0.2) is 23.1 Å². The molecule has 1 N–H and O–H groups in total. The van der Waals surface area contributed by atoms with E-state index in [2.05, 4.69) is 5.32 Å². The molecule has 0 radical (unpaired) electrons. The summed E-state index contributed by atoms with van der Waals surface area (Å²) in [5.74, 6) is -0.525. The molecule has 0 atom stereocenters. The minimum Gasteiger partial charge on any atom is -0.486 e. The number of fused-ring (bicyclic) bond motifs is 1. The fraction of sp³-hybridized carbons (Fsp3) is 0.235. The van der Waals surface area contributed by atoms with Crippen LogP contribution in [0.3, 0.4) is 0 Å². The number of benzene rings is 2. The highest BCUT2D eigenvalue weighted by molar-refractivity contribution is 8.00. The molecule has 1 aliphatic heterocycles. The van der Waals surface area contributed by atoms with E-state index in [0.29, 0.717) is 36.2 Å². The fourth-order valence-electron chi connectivity index (χ4n) is 2.16. The van der Waals surface area contributed by atoms with E-state index in [1.165, 1.54) is 6.07 Å². The molecule has 0 aromatic heterocycles. The smallest absolute Gasteiger partial charge is 0.230 e. The first kappa shape index (κ1) is 16.6. The van der Waals surface area contributed by atoms with E-state index >= 15 is 0 Å².